The van der Waals surface area contributed by atoms with Crippen LogP contribution in [-0.4, -0.2) is 47.9 Å². The molecule has 1 aromatic carbocycles. The second-order valence-corrected chi connectivity index (χ2v) is 4.37. The molecule has 1 amide bonds. The highest BCUT2D eigenvalue weighted by atomic mass is 16.5. The van der Waals surface area contributed by atoms with Crippen molar-refractivity contribution in [3.05, 3.63) is 23.3 Å². The second kappa shape index (κ2) is 5.28. The predicted octanol–water partition coefficient (Wildman–Crippen LogP) is 1.37. The molecule has 0 fully saturated rings. The molecule has 1 aliphatic heterocycles. The zero-order chi connectivity index (χ0) is 14.9. The largest absolute Gasteiger partial charge is 0.493 e. The number of fused-ring (bicyclic) bond motifs is 1. The summed E-state index contributed by atoms with van der Waals surface area (Å²) in [6.07, 6.45) is -0.816. The van der Waals surface area contributed by atoms with Crippen molar-refractivity contribution in [3.8, 4) is 11.5 Å². The molecular weight excluding hydrogens is 266 g/mol. The van der Waals surface area contributed by atoms with Crippen LogP contribution in [0.1, 0.15) is 17.2 Å². The number of carboxylic acids is 1. The monoisotopic (exact) mass is 281 g/mol. The van der Waals surface area contributed by atoms with Crippen LogP contribution in [0, 0.1) is 0 Å². The SMILES string of the molecule is COc1cc2c(cc1OC)C(C(=O)O)N(C(=O)O)CC2. The number of hydrogen-bond donors (Lipinski definition) is 2. The summed E-state index contributed by atoms with van der Waals surface area (Å²) >= 11 is 0. The van der Waals surface area contributed by atoms with Gasteiger partial charge in [-0.25, -0.2) is 9.59 Å². The zero-order valence-electron chi connectivity index (χ0n) is 11.1. The normalized spacial score (nSPS) is 17.3. The highest BCUT2D eigenvalue weighted by molar-refractivity contribution is 5.82. The van der Waals surface area contributed by atoms with Crippen molar-refractivity contribution in [2.45, 2.75) is 12.5 Å². The third-order valence-corrected chi connectivity index (χ3v) is 3.35. The summed E-state index contributed by atoms with van der Waals surface area (Å²) in [5.41, 5.74) is 1.18. The van der Waals surface area contributed by atoms with Gasteiger partial charge < -0.3 is 19.7 Å². The number of rotatable bonds is 3. The van der Waals surface area contributed by atoms with Crippen LogP contribution in [0.3, 0.4) is 0 Å². The van der Waals surface area contributed by atoms with E-state index in [-0.39, 0.29) is 6.54 Å². The highest BCUT2D eigenvalue weighted by Gasteiger charge is 2.36. The van der Waals surface area contributed by atoms with E-state index in [1.807, 2.05) is 0 Å². The summed E-state index contributed by atoms with van der Waals surface area (Å²) in [4.78, 5) is 23.5. The topological polar surface area (TPSA) is 96.3 Å². The molecule has 0 aromatic heterocycles. The summed E-state index contributed by atoms with van der Waals surface area (Å²) in [6, 6.07) is 2.00. The first-order valence-electron chi connectivity index (χ1n) is 5.96. The Kier molecular flexibility index (Phi) is 3.69. The Balaban J connectivity index is 2.56. The smallest absolute Gasteiger partial charge is 0.408 e. The molecule has 2 N–H and O–H groups in total. The summed E-state index contributed by atoms with van der Waals surface area (Å²) in [7, 11) is 2.93. The highest BCUT2D eigenvalue weighted by Crippen LogP contribution is 2.38. The van der Waals surface area contributed by atoms with Crippen LogP contribution in [0.2, 0.25) is 0 Å². The van der Waals surface area contributed by atoms with Gasteiger partial charge in [0.2, 0.25) is 0 Å². The van der Waals surface area contributed by atoms with E-state index >= 15 is 0 Å². The summed E-state index contributed by atoms with van der Waals surface area (Å²) in [5, 5.41) is 18.4. The van der Waals surface area contributed by atoms with Crippen LogP contribution in [0.5, 0.6) is 11.5 Å². The molecule has 108 valence electrons. The number of amides is 1. The Labute approximate surface area is 115 Å². The van der Waals surface area contributed by atoms with Gasteiger partial charge in [-0.1, -0.05) is 0 Å². The molecule has 0 radical (unpaired) electrons. The van der Waals surface area contributed by atoms with E-state index in [4.69, 9.17) is 14.6 Å². The van der Waals surface area contributed by atoms with Crippen LogP contribution in [0.15, 0.2) is 12.1 Å². The maximum atomic E-state index is 11.4. The molecule has 0 saturated heterocycles. The first-order chi connectivity index (χ1) is 9.49. The lowest BCUT2D eigenvalue weighted by Gasteiger charge is -2.33. The Morgan fingerprint density at radius 3 is 2.30 bits per heavy atom. The lowest BCUT2D eigenvalue weighted by Crippen LogP contribution is -2.42. The molecule has 1 heterocycles. The van der Waals surface area contributed by atoms with Gasteiger partial charge in [0.15, 0.2) is 17.5 Å². The summed E-state index contributed by atoms with van der Waals surface area (Å²) in [5.74, 6) is -0.329. The Morgan fingerprint density at radius 2 is 1.80 bits per heavy atom. The molecule has 0 saturated carbocycles. The molecule has 7 heteroatoms. The van der Waals surface area contributed by atoms with Gasteiger partial charge >= 0.3 is 12.1 Å². The summed E-state index contributed by atoms with van der Waals surface area (Å²) in [6.45, 7) is 0.134. The van der Waals surface area contributed by atoms with Crippen LogP contribution in [0.25, 0.3) is 0 Å². The molecule has 2 rings (SSSR count). The van der Waals surface area contributed by atoms with Crippen molar-refractivity contribution in [3.63, 3.8) is 0 Å². The van der Waals surface area contributed by atoms with Crippen molar-refractivity contribution in [2.75, 3.05) is 20.8 Å². The molecule has 1 atom stereocenters. The van der Waals surface area contributed by atoms with E-state index in [9.17, 15) is 14.7 Å². The molecule has 1 aromatic rings. The van der Waals surface area contributed by atoms with E-state index in [2.05, 4.69) is 0 Å². The molecular formula is C13H15NO6. The maximum Gasteiger partial charge on any atom is 0.408 e. The van der Waals surface area contributed by atoms with E-state index in [1.54, 1.807) is 6.07 Å². The van der Waals surface area contributed by atoms with Crippen LogP contribution >= 0.6 is 0 Å². The number of carboxylic acid groups (broad SMARTS) is 2. The fourth-order valence-electron chi connectivity index (χ4n) is 2.42. The fraction of sp³-hybridized carbons (Fsp3) is 0.385. The van der Waals surface area contributed by atoms with E-state index in [0.717, 1.165) is 10.5 Å². The molecule has 1 unspecified atom stereocenters. The predicted molar refractivity (Wildman–Crippen MR) is 68.4 cm³/mol. The Morgan fingerprint density at radius 1 is 1.20 bits per heavy atom. The van der Waals surface area contributed by atoms with Crippen molar-refractivity contribution in [2.24, 2.45) is 0 Å². The molecule has 7 nitrogen and oxygen atoms in total. The van der Waals surface area contributed by atoms with Crippen molar-refractivity contribution in [1.29, 1.82) is 0 Å². The Hall–Kier alpha value is -2.44. The van der Waals surface area contributed by atoms with Gasteiger partial charge in [0, 0.05) is 6.54 Å². The fourth-order valence-corrected chi connectivity index (χ4v) is 2.42. The lowest BCUT2D eigenvalue weighted by molar-refractivity contribution is -0.143. The van der Waals surface area contributed by atoms with Crippen LogP contribution < -0.4 is 9.47 Å². The second-order valence-electron chi connectivity index (χ2n) is 4.37. The number of hydrogen-bond acceptors (Lipinski definition) is 4. The van der Waals surface area contributed by atoms with Gasteiger partial charge in [-0.15, -0.1) is 0 Å². The van der Waals surface area contributed by atoms with Crippen molar-refractivity contribution >= 4 is 12.1 Å². The van der Waals surface area contributed by atoms with Gasteiger partial charge in [0.25, 0.3) is 0 Å². The van der Waals surface area contributed by atoms with Gasteiger partial charge in [0.1, 0.15) is 0 Å². The van der Waals surface area contributed by atoms with Crippen LogP contribution in [-0.2, 0) is 11.2 Å². The maximum absolute atomic E-state index is 11.4. The first kappa shape index (κ1) is 14.0. The molecule has 0 bridgehead atoms. The molecule has 0 aliphatic carbocycles. The number of carbonyl (C=O) groups is 2. The minimum Gasteiger partial charge on any atom is -0.493 e. The van der Waals surface area contributed by atoms with Crippen LogP contribution in [0.4, 0.5) is 4.79 Å². The van der Waals surface area contributed by atoms with Gasteiger partial charge in [-0.2, -0.15) is 0 Å². The lowest BCUT2D eigenvalue weighted by atomic mass is 9.92. The third kappa shape index (κ3) is 2.22. The molecule has 0 spiro atoms. The van der Waals surface area contributed by atoms with Gasteiger partial charge in [-0.05, 0) is 29.7 Å². The number of benzene rings is 1. The standard InChI is InChI=1S/C13H15NO6/c1-19-9-5-7-3-4-14(13(17)18)11(12(15)16)8(7)6-10(9)20-2/h5-6,11H,3-4H2,1-2H3,(H,15,16)(H,17,18). The van der Waals surface area contributed by atoms with E-state index in [1.165, 1.54) is 20.3 Å². The first-order valence-corrected chi connectivity index (χ1v) is 5.96. The van der Waals surface area contributed by atoms with Gasteiger partial charge in [0.05, 0.1) is 14.2 Å². The average molecular weight is 281 g/mol. The number of aliphatic carboxylic acids is 1. The average Bonchev–Trinajstić information content (AvgIpc) is 2.43. The third-order valence-electron chi connectivity index (χ3n) is 3.35. The minimum atomic E-state index is -1.25. The van der Waals surface area contributed by atoms with Gasteiger partial charge in [-0.3, -0.25) is 4.90 Å². The Bertz CT molecular complexity index is 556. The summed E-state index contributed by atoms with van der Waals surface area (Å²) < 4.78 is 10.3. The number of ether oxygens (including phenoxy) is 2. The molecule has 20 heavy (non-hydrogen) atoms. The number of nitrogens with zero attached hydrogens (tertiary/aromatic N) is 1. The minimum absolute atomic E-state index is 0.134. The van der Waals surface area contributed by atoms with Crippen molar-refractivity contribution in [1.82, 2.24) is 4.90 Å². The van der Waals surface area contributed by atoms with E-state index in [0.29, 0.717) is 23.5 Å². The zero-order valence-corrected chi connectivity index (χ0v) is 11.1. The molecule has 1 aliphatic rings. The number of methoxy groups -OCH3 is 2. The quantitative estimate of drug-likeness (QED) is 0.868. The van der Waals surface area contributed by atoms with E-state index < -0.39 is 18.1 Å². The van der Waals surface area contributed by atoms with Crippen molar-refractivity contribution < 1.29 is 29.3 Å².